The minimum absolute atomic E-state index is 0.116. The molecule has 1 aliphatic heterocycles. The summed E-state index contributed by atoms with van der Waals surface area (Å²) in [6.45, 7) is 7.61. The molecule has 1 N–H and O–H groups in total. The van der Waals surface area contributed by atoms with Gasteiger partial charge in [0.05, 0.1) is 18.2 Å². The summed E-state index contributed by atoms with van der Waals surface area (Å²) in [6, 6.07) is 12.6. The maximum absolute atomic E-state index is 13.4. The maximum Gasteiger partial charge on any atom is 0.295 e. The van der Waals surface area contributed by atoms with Gasteiger partial charge in [-0.25, -0.2) is 0 Å². The number of aromatic nitrogens is 1. The third-order valence-corrected chi connectivity index (χ3v) is 6.57. The Morgan fingerprint density at radius 1 is 1.14 bits per heavy atom. The normalized spacial score (nSPS) is 17.7. The van der Waals surface area contributed by atoms with Gasteiger partial charge in [0.25, 0.3) is 11.7 Å². The number of benzene rings is 2. The highest BCUT2D eigenvalue weighted by Crippen LogP contribution is 2.42. The van der Waals surface area contributed by atoms with Crippen molar-refractivity contribution in [1.29, 1.82) is 0 Å². The van der Waals surface area contributed by atoms with Gasteiger partial charge in [-0.05, 0) is 56.8 Å². The van der Waals surface area contributed by atoms with Gasteiger partial charge in [0, 0.05) is 48.4 Å². The number of aryl methyl sites for hydroxylation is 2. The number of carbonyl (C=O) groups excluding carboxylic acids is 2. The quantitative estimate of drug-likeness (QED) is 0.286. The number of hydrogen-bond acceptors (Lipinski definition) is 5. The molecule has 0 aliphatic carbocycles. The SMILES string of the molecule is Cc1cc(/C(O)=C2\C(=O)C(=O)N(CCN(C)C)C2c2cn(C)c3ccccc23)ccc1OCC(C)C. The average molecular weight is 490 g/mol. The topological polar surface area (TPSA) is 75.0 Å². The van der Waals surface area contributed by atoms with E-state index in [9.17, 15) is 14.7 Å². The summed E-state index contributed by atoms with van der Waals surface area (Å²) < 4.78 is 7.86. The molecule has 2 aromatic carbocycles. The van der Waals surface area contributed by atoms with Crippen molar-refractivity contribution in [3.63, 3.8) is 0 Å². The molecular weight excluding hydrogens is 454 g/mol. The predicted octanol–water partition coefficient (Wildman–Crippen LogP) is 4.50. The number of Topliss-reactive ketones (excluding diaryl/α,β-unsaturated/α-hetero) is 1. The molecule has 1 atom stereocenters. The molecule has 0 spiro atoms. The average Bonchev–Trinajstić information content (AvgIpc) is 3.29. The molecular formula is C29H35N3O4. The van der Waals surface area contributed by atoms with E-state index >= 15 is 0 Å². The van der Waals surface area contributed by atoms with Crippen molar-refractivity contribution >= 4 is 28.4 Å². The lowest BCUT2D eigenvalue weighted by Crippen LogP contribution is -2.35. The molecule has 4 rings (SSSR count). The van der Waals surface area contributed by atoms with E-state index in [-0.39, 0.29) is 11.3 Å². The number of aliphatic hydroxyl groups is 1. The number of ether oxygens (including phenoxy) is 1. The molecule has 1 unspecified atom stereocenters. The van der Waals surface area contributed by atoms with Crippen molar-refractivity contribution in [1.82, 2.24) is 14.4 Å². The molecule has 0 saturated carbocycles. The van der Waals surface area contributed by atoms with Gasteiger partial charge in [-0.3, -0.25) is 9.59 Å². The van der Waals surface area contributed by atoms with E-state index in [1.54, 1.807) is 17.0 Å². The molecule has 1 amide bonds. The van der Waals surface area contributed by atoms with Gasteiger partial charge < -0.3 is 24.2 Å². The minimum atomic E-state index is -0.687. The first-order valence-corrected chi connectivity index (χ1v) is 12.3. The minimum Gasteiger partial charge on any atom is -0.507 e. The molecule has 7 nitrogen and oxygen atoms in total. The number of rotatable bonds is 8. The molecule has 1 aromatic heterocycles. The fourth-order valence-electron chi connectivity index (χ4n) is 4.70. The number of ketones is 1. The van der Waals surface area contributed by atoms with Crippen LogP contribution in [-0.4, -0.2) is 65.0 Å². The van der Waals surface area contributed by atoms with E-state index in [0.717, 1.165) is 27.8 Å². The Bertz CT molecular complexity index is 1340. The van der Waals surface area contributed by atoms with E-state index in [1.807, 2.05) is 74.1 Å². The second kappa shape index (κ2) is 10.2. The molecule has 2 heterocycles. The largest absolute Gasteiger partial charge is 0.507 e. The number of likely N-dealkylation sites (tertiary alicyclic amines) is 1. The first-order valence-electron chi connectivity index (χ1n) is 12.3. The van der Waals surface area contributed by atoms with Crippen LogP contribution in [0.5, 0.6) is 5.75 Å². The lowest BCUT2D eigenvalue weighted by Gasteiger charge is -2.26. The van der Waals surface area contributed by atoms with Crippen molar-refractivity contribution in [2.24, 2.45) is 13.0 Å². The number of hydrogen-bond donors (Lipinski definition) is 1. The van der Waals surface area contributed by atoms with Crippen molar-refractivity contribution in [3.05, 3.63) is 70.9 Å². The van der Waals surface area contributed by atoms with Gasteiger partial charge >= 0.3 is 0 Å². The van der Waals surface area contributed by atoms with Crippen molar-refractivity contribution in [3.8, 4) is 5.75 Å². The Labute approximate surface area is 212 Å². The van der Waals surface area contributed by atoms with E-state index in [1.165, 1.54) is 0 Å². The summed E-state index contributed by atoms with van der Waals surface area (Å²) in [5.74, 6) is -0.308. The lowest BCUT2D eigenvalue weighted by atomic mass is 9.94. The number of fused-ring (bicyclic) bond motifs is 1. The second-order valence-corrected chi connectivity index (χ2v) is 10.2. The molecule has 1 saturated heterocycles. The summed E-state index contributed by atoms with van der Waals surface area (Å²) in [5, 5.41) is 12.4. The van der Waals surface area contributed by atoms with Gasteiger partial charge in [0.2, 0.25) is 0 Å². The van der Waals surface area contributed by atoms with Crippen LogP contribution in [0.2, 0.25) is 0 Å². The predicted molar refractivity (Wildman–Crippen MR) is 142 cm³/mol. The highest BCUT2D eigenvalue weighted by atomic mass is 16.5. The number of likely N-dealkylation sites (N-methyl/N-ethyl adjacent to an activating group) is 1. The smallest absolute Gasteiger partial charge is 0.295 e. The monoisotopic (exact) mass is 489 g/mol. The fraction of sp³-hybridized carbons (Fsp3) is 0.379. The van der Waals surface area contributed by atoms with Crippen LogP contribution in [0.25, 0.3) is 16.7 Å². The van der Waals surface area contributed by atoms with Crippen molar-refractivity contribution < 1.29 is 19.4 Å². The Hall–Kier alpha value is -3.58. The Morgan fingerprint density at radius 2 is 1.86 bits per heavy atom. The van der Waals surface area contributed by atoms with Crippen LogP contribution in [0.1, 0.15) is 36.6 Å². The first kappa shape index (κ1) is 25.5. The van der Waals surface area contributed by atoms with E-state index in [2.05, 4.69) is 13.8 Å². The van der Waals surface area contributed by atoms with Crippen LogP contribution >= 0.6 is 0 Å². The summed E-state index contributed by atoms with van der Waals surface area (Å²) in [6.07, 6.45) is 1.95. The van der Waals surface area contributed by atoms with E-state index in [0.29, 0.717) is 31.2 Å². The van der Waals surface area contributed by atoms with Crippen molar-refractivity contribution in [2.75, 3.05) is 33.8 Å². The Kier molecular flexibility index (Phi) is 7.22. The molecule has 190 valence electrons. The molecule has 3 aromatic rings. The third-order valence-electron chi connectivity index (χ3n) is 6.57. The third kappa shape index (κ3) is 4.75. The van der Waals surface area contributed by atoms with Crippen LogP contribution in [0.3, 0.4) is 0 Å². The van der Waals surface area contributed by atoms with Gasteiger partial charge in [0.1, 0.15) is 11.5 Å². The number of aliphatic hydroxyl groups excluding tert-OH is 1. The molecule has 0 radical (unpaired) electrons. The standard InChI is InChI=1S/C29H35N3O4/c1-18(2)17-36-24-12-11-20(15-19(24)3)27(33)25-26(32(14-13-30(4)5)29(35)28(25)34)22-16-31(6)23-10-8-7-9-21(22)23/h7-12,15-16,18,26,33H,13-14,17H2,1-6H3/b27-25+. The van der Waals surface area contributed by atoms with E-state index < -0.39 is 17.7 Å². The van der Waals surface area contributed by atoms with Crippen LogP contribution in [-0.2, 0) is 16.6 Å². The Balaban J connectivity index is 1.85. The van der Waals surface area contributed by atoms with Gasteiger partial charge in [-0.1, -0.05) is 32.0 Å². The maximum atomic E-state index is 13.4. The number of nitrogens with zero attached hydrogens (tertiary/aromatic N) is 3. The van der Waals surface area contributed by atoms with Crippen molar-refractivity contribution in [2.45, 2.75) is 26.8 Å². The summed E-state index contributed by atoms with van der Waals surface area (Å²) in [5.41, 5.74) is 3.27. The lowest BCUT2D eigenvalue weighted by molar-refractivity contribution is -0.140. The molecule has 0 bridgehead atoms. The van der Waals surface area contributed by atoms with Crippen LogP contribution in [0.4, 0.5) is 0 Å². The van der Waals surface area contributed by atoms with Crippen LogP contribution in [0.15, 0.2) is 54.2 Å². The van der Waals surface area contributed by atoms with Gasteiger partial charge in [-0.15, -0.1) is 0 Å². The Morgan fingerprint density at radius 3 is 2.53 bits per heavy atom. The highest BCUT2D eigenvalue weighted by Gasteiger charge is 2.46. The summed E-state index contributed by atoms with van der Waals surface area (Å²) in [7, 11) is 5.79. The second-order valence-electron chi connectivity index (χ2n) is 10.2. The highest BCUT2D eigenvalue weighted by molar-refractivity contribution is 6.46. The number of carbonyl (C=O) groups is 2. The first-order chi connectivity index (χ1) is 17.1. The summed E-state index contributed by atoms with van der Waals surface area (Å²) in [4.78, 5) is 30.2. The number of para-hydroxylation sites is 1. The van der Waals surface area contributed by atoms with Gasteiger partial charge in [-0.2, -0.15) is 0 Å². The summed E-state index contributed by atoms with van der Waals surface area (Å²) >= 11 is 0. The van der Waals surface area contributed by atoms with Crippen LogP contribution < -0.4 is 4.74 Å². The number of amides is 1. The fourth-order valence-corrected chi connectivity index (χ4v) is 4.70. The molecule has 36 heavy (non-hydrogen) atoms. The van der Waals surface area contributed by atoms with Crippen LogP contribution in [0, 0.1) is 12.8 Å². The zero-order valence-electron chi connectivity index (χ0n) is 21.9. The van der Waals surface area contributed by atoms with Gasteiger partial charge in [0.15, 0.2) is 0 Å². The molecule has 1 fully saturated rings. The molecule has 7 heteroatoms. The zero-order valence-corrected chi connectivity index (χ0v) is 21.9. The molecule has 1 aliphatic rings. The van der Waals surface area contributed by atoms with E-state index in [4.69, 9.17) is 4.74 Å². The zero-order chi connectivity index (χ0) is 26.1.